The van der Waals surface area contributed by atoms with Gasteiger partial charge in [0.05, 0.1) is 10.5 Å². The maximum Gasteiger partial charge on any atom is 0.241 e. The van der Waals surface area contributed by atoms with Gasteiger partial charge in [0.2, 0.25) is 10.0 Å². The highest BCUT2D eigenvalue weighted by molar-refractivity contribution is 7.89. The van der Waals surface area contributed by atoms with Gasteiger partial charge in [-0.05, 0) is 49.9 Å². The van der Waals surface area contributed by atoms with Gasteiger partial charge < -0.3 is 5.32 Å². The normalized spacial score (nSPS) is 17.3. The Kier molecular flexibility index (Phi) is 6.38. The van der Waals surface area contributed by atoms with Gasteiger partial charge in [0.15, 0.2) is 0 Å². The van der Waals surface area contributed by atoms with Gasteiger partial charge in [-0.2, -0.15) is 5.26 Å². The average molecular weight is 344 g/mol. The van der Waals surface area contributed by atoms with E-state index in [2.05, 4.69) is 17.0 Å². The van der Waals surface area contributed by atoms with Crippen molar-refractivity contribution in [1.82, 2.24) is 10.0 Å². The number of nitrogens with zero attached hydrogens (tertiary/aromatic N) is 1. The van der Waals surface area contributed by atoms with Crippen molar-refractivity contribution < 1.29 is 8.42 Å². The van der Waals surface area contributed by atoms with Gasteiger partial charge in [0.1, 0.15) is 6.07 Å². The van der Waals surface area contributed by atoms with Gasteiger partial charge in [0.25, 0.3) is 0 Å². The first-order valence-corrected chi connectivity index (χ1v) is 8.56. The number of piperidine rings is 1. The molecule has 0 unspecified atom stereocenters. The Labute approximate surface area is 138 Å². The SMILES string of the molecule is Cc1cccc(S(=O)(=O)NCC2(C)CCNCC2)c1C#N.Cl. The van der Waals surface area contributed by atoms with Crippen molar-refractivity contribution in [3.63, 3.8) is 0 Å². The Morgan fingerprint density at radius 2 is 2.00 bits per heavy atom. The first-order valence-electron chi connectivity index (χ1n) is 7.08. The van der Waals surface area contributed by atoms with E-state index in [9.17, 15) is 13.7 Å². The third-order valence-corrected chi connectivity index (χ3v) is 5.58. The lowest BCUT2D eigenvalue weighted by molar-refractivity contribution is 0.232. The maximum absolute atomic E-state index is 12.5. The molecule has 22 heavy (non-hydrogen) atoms. The molecular weight excluding hydrogens is 322 g/mol. The maximum atomic E-state index is 12.5. The number of sulfonamides is 1. The van der Waals surface area contributed by atoms with E-state index >= 15 is 0 Å². The number of aryl methyl sites for hydroxylation is 1. The van der Waals surface area contributed by atoms with Crippen molar-refractivity contribution in [2.24, 2.45) is 5.41 Å². The number of hydrogen-bond donors (Lipinski definition) is 2. The molecule has 2 N–H and O–H groups in total. The van der Waals surface area contributed by atoms with Gasteiger partial charge in [-0.25, -0.2) is 13.1 Å². The Morgan fingerprint density at radius 3 is 2.59 bits per heavy atom. The summed E-state index contributed by atoms with van der Waals surface area (Å²) in [6.07, 6.45) is 1.88. The summed E-state index contributed by atoms with van der Waals surface area (Å²) < 4.78 is 27.6. The second kappa shape index (κ2) is 7.42. The lowest BCUT2D eigenvalue weighted by Crippen LogP contribution is -2.43. The van der Waals surface area contributed by atoms with Crippen LogP contribution in [0.4, 0.5) is 0 Å². The topological polar surface area (TPSA) is 82.0 Å². The third-order valence-electron chi connectivity index (χ3n) is 4.14. The highest BCUT2D eigenvalue weighted by atomic mass is 35.5. The largest absolute Gasteiger partial charge is 0.317 e. The molecule has 1 fully saturated rings. The van der Waals surface area contributed by atoms with Crippen LogP contribution >= 0.6 is 12.4 Å². The molecule has 1 aromatic rings. The molecular formula is C15H22ClN3O2S. The molecule has 1 aliphatic rings. The zero-order valence-corrected chi connectivity index (χ0v) is 14.5. The molecule has 0 aromatic heterocycles. The van der Waals surface area contributed by atoms with E-state index in [0.717, 1.165) is 25.9 Å². The second-order valence-corrected chi connectivity index (χ2v) is 7.68. The van der Waals surface area contributed by atoms with Gasteiger partial charge in [0, 0.05) is 6.54 Å². The molecule has 7 heteroatoms. The zero-order valence-electron chi connectivity index (χ0n) is 12.8. The lowest BCUT2D eigenvalue weighted by Gasteiger charge is -2.34. The minimum atomic E-state index is -3.66. The highest BCUT2D eigenvalue weighted by Crippen LogP contribution is 2.28. The van der Waals surface area contributed by atoms with Crippen molar-refractivity contribution in [3.05, 3.63) is 29.3 Å². The van der Waals surface area contributed by atoms with Gasteiger partial charge in [-0.1, -0.05) is 19.1 Å². The summed E-state index contributed by atoms with van der Waals surface area (Å²) in [7, 11) is -3.66. The summed E-state index contributed by atoms with van der Waals surface area (Å²) in [5.41, 5.74) is 0.864. The van der Waals surface area contributed by atoms with Crippen LogP contribution in [-0.4, -0.2) is 28.1 Å². The molecule has 1 saturated heterocycles. The number of nitriles is 1. The van der Waals surface area contributed by atoms with Crippen LogP contribution in [-0.2, 0) is 10.0 Å². The number of halogens is 1. The van der Waals surface area contributed by atoms with E-state index in [4.69, 9.17) is 0 Å². The fourth-order valence-electron chi connectivity index (χ4n) is 2.56. The number of benzene rings is 1. The second-order valence-electron chi connectivity index (χ2n) is 5.95. The Bertz CT molecular complexity index is 662. The number of hydrogen-bond acceptors (Lipinski definition) is 4. The molecule has 122 valence electrons. The van der Waals surface area contributed by atoms with Crippen LogP contribution in [0.15, 0.2) is 23.1 Å². The minimum absolute atomic E-state index is 0. The average Bonchev–Trinajstić information content (AvgIpc) is 2.46. The summed E-state index contributed by atoms with van der Waals surface area (Å²) in [6.45, 7) is 6.05. The van der Waals surface area contributed by atoms with Crippen molar-refractivity contribution >= 4 is 22.4 Å². The van der Waals surface area contributed by atoms with E-state index < -0.39 is 10.0 Å². The highest BCUT2D eigenvalue weighted by Gasteiger charge is 2.29. The minimum Gasteiger partial charge on any atom is -0.317 e. The summed E-state index contributed by atoms with van der Waals surface area (Å²) in [6, 6.07) is 6.88. The zero-order chi connectivity index (χ0) is 15.5. The fraction of sp³-hybridized carbons (Fsp3) is 0.533. The van der Waals surface area contributed by atoms with Gasteiger partial charge in [-0.3, -0.25) is 0 Å². The van der Waals surface area contributed by atoms with E-state index in [1.165, 1.54) is 6.07 Å². The predicted molar refractivity (Wildman–Crippen MR) is 88.5 cm³/mol. The smallest absolute Gasteiger partial charge is 0.241 e. The monoisotopic (exact) mass is 343 g/mol. The first kappa shape index (κ1) is 18.9. The first-order chi connectivity index (χ1) is 9.88. The van der Waals surface area contributed by atoms with Crippen LogP contribution < -0.4 is 10.0 Å². The molecule has 0 atom stereocenters. The molecule has 0 spiro atoms. The van der Waals surface area contributed by atoms with Crippen LogP contribution in [0, 0.1) is 23.7 Å². The lowest BCUT2D eigenvalue weighted by atomic mass is 9.81. The van der Waals surface area contributed by atoms with Gasteiger partial charge >= 0.3 is 0 Å². The Hall–Kier alpha value is -1.13. The molecule has 5 nitrogen and oxygen atoms in total. The predicted octanol–water partition coefficient (Wildman–Crippen LogP) is 1.96. The summed E-state index contributed by atoms with van der Waals surface area (Å²) in [5.74, 6) is 0. The molecule has 1 aliphatic heterocycles. The summed E-state index contributed by atoms with van der Waals surface area (Å²) >= 11 is 0. The Morgan fingerprint density at radius 1 is 1.36 bits per heavy atom. The summed E-state index contributed by atoms with van der Waals surface area (Å²) in [5, 5.41) is 12.5. The van der Waals surface area contributed by atoms with Crippen LogP contribution in [0.5, 0.6) is 0 Å². The molecule has 0 amide bonds. The van der Waals surface area contributed by atoms with Crippen LogP contribution in [0.2, 0.25) is 0 Å². The molecule has 0 saturated carbocycles. The van der Waals surface area contributed by atoms with E-state index in [0.29, 0.717) is 12.1 Å². The molecule has 2 rings (SSSR count). The van der Waals surface area contributed by atoms with E-state index in [1.54, 1.807) is 19.1 Å². The third kappa shape index (κ3) is 4.20. The number of nitrogens with one attached hydrogen (secondary N) is 2. The van der Waals surface area contributed by atoms with Crippen LogP contribution in [0.1, 0.15) is 30.9 Å². The molecule has 0 aliphatic carbocycles. The fourth-order valence-corrected chi connectivity index (χ4v) is 3.99. The van der Waals surface area contributed by atoms with Crippen LogP contribution in [0.25, 0.3) is 0 Å². The van der Waals surface area contributed by atoms with E-state index in [-0.39, 0.29) is 28.3 Å². The molecule has 1 aromatic carbocycles. The number of rotatable bonds is 4. The van der Waals surface area contributed by atoms with Crippen molar-refractivity contribution in [3.8, 4) is 6.07 Å². The van der Waals surface area contributed by atoms with E-state index in [1.807, 2.05) is 6.07 Å². The van der Waals surface area contributed by atoms with Crippen molar-refractivity contribution in [2.75, 3.05) is 19.6 Å². The summed E-state index contributed by atoms with van der Waals surface area (Å²) in [4.78, 5) is 0.0718. The Balaban J connectivity index is 0.00000242. The van der Waals surface area contributed by atoms with Crippen molar-refractivity contribution in [1.29, 1.82) is 5.26 Å². The molecule has 1 heterocycles. The molecule has 0 radical (unpaired) electrons. The van der Waals surface area contributed by atoms with Crippen LogP contribution in [0.3, 0.4) is 0 Å². The standard InChI is InChI=1S/C15H21N3O2S.ClH/c1-12-4-3-5-14(13(12)10-16)21(19,20)18-11-15(2)6-8-17-9-7-15;/h3-5,17-18H,6-9,11H2,1-2H3;1H. The quantitative estimate of drug-likeness (QED) is 0.875. The molecule has 0 bridgehead atoms. The van der Waals surface area contributed by atoms with Crippen molar-refractivity contribution in [2.45, 2.75) is 31.6 Å². The van der Waals surface area contributed by atoms with Gasteiger partial charge in [-0.15, -0.1) is 12.4 Å².